The second-order valence-electron chi connectivity index (χ2n) is 4.18. The van der Waals surface area contributed by atoms with Gasteiger partial charge in [0.25, 0.3) is 0 Å². The lowest BCUT2D eigenvalue weighted by Gasteiger charge is -2.27. The van der Waals surface area contributed by atoms with E-state index in [0.29, 0.717) is 25.5 Å². The van der Waals surface area contributed by atoms with E-state index in [2.05, 4.69) is 5.32 Å². The van der Waals surface area contributed by atoms with E-state index in [-0.39, 0.29) is 11.9 Å². The van der Waals surface area contributed by atoms with Gasteiger partial charge in [0, 0.05) is 31.8 Å². The van der Waals surface area contributed by atoms with Crippen LogP contribution in [0.15, 0.2) is 12.1 Å². The van der Waals surface area contributed by atoms with Crippen LogP contribution in [0, 0.1) is 5.82 Å². The zero-order valence-electron chi connectivity index (χ0n) is 10.7. The van der Waals surface area contributed by atoms with Crippen LogP contribution in [-0.2, 0) is 16.1 Å². The fourth-order valence-corrected chi connectivity index (χ4v) is 2.21. The van der Waals surface area contributed by atoms with Crippen LogP contribution in [0.3, 0.4) is 0 Å². The van der Waals surface area contributed by atoms with Crippen molar-refractivity contribution in [2.24, 2.45) is 0 Å². The third kappa shape index (κ3) is 2.80. The molecule has 1 saturated heterocycles. The Kier molecular flexibility index (Phi) is 4.52. The van der Waals surface area contributed by atoms with Crippen molar-refractivity contribution in [3.8, 4) is 5.75 Å². The van der Waals surface area contributed by atoms with Gasteiger partial charge >= 0.3 is 0 Å². The molecule has 1 aromatic rings. The highest BCUT2D eigenvalue weighted by atomic mass is 19.1. The van der Waals surface area contributed by atoms with Crippen LogP contribution in [0.4, 0.5) is 4.39 Å². The van der Waals surface area contributed by atoms with Crippen molar-refractivity contribution in [3.63, 3.8) is 0 Å². The minimum Gasteiger partial charge on any atom is -0.496 e. The van der Waals surface area contributed by atoms with Crippen LogP contribution in [0.2, 0.25) is 0 Å². The zero-order valence-corrected chi connectivity index (χ0v) is 10.7. The highest BCUT2D eigenvalue weighted by Crippen LogP contribution is 2.33. The van der Waals surface area contributed by atoms with Crippen LogP contribution in [0.25, 0.3) is 0 Å². The first kappa shape index (κ1) is 13.3. The van der Waals surface area contributed by atoms with Crippen molar-refractivity contribution in [1.82, 2.24) is 5.32 Å². The molecule has 1 aliphatic rings. The largest absolute Gasteiger partial charge is 0.496 e. The number of morpholine rings is 1. The quantitative estimate of drug-likeness (QED) is 0.888. The summed E-state index contributed by atoms with van der Waals surface area (Å²) in [7, 11) is 3.12. The number of nitrogens with one attached hydrogen (secondary N) is 1. The molecule has 0 bridgehead atoms. The topological polar surface area (TPSA) is 39.7 Å². The van der Waals surface area contributed by atoms with E-state index in [1.54, 1.807) is 7.11 Å². The predicted molar refractivity (Wildman–Crippen MR) is 65.2 cm³/mol. The van der Waals surface area contributed by atoms with Crippen molar-refractivity contribution in [2.45, 2.75) is 12.7 Å². The number of hydrogen-bond acceptors (Lipinski definition) is 4. The molecule has 2 rings (SSSR count). The fraction of sp³-hybridized carbons (Fsp3) is 0.538. The fourth-order valence-electron chi connectivity index (χ4n) is 2.21. The molecule has 1 N–H and O–H groups in total. The lowest BCUT2D eigenvalue weighted by Crippen LogP contribution is -2.34. The highest BCUT2D eigenvalue weighted by molar-refractivity contribution is 5.43. The Labute approximate surface area is 106 Å². The molecule has 1 aliphatic heterocycles. The summed E-state index contributed by atoms with van der Waals surface area (Å²) in [5, 5.41) is 3.25. The van der Waals surface area contributed by atoms with Crippen LogP contribution in [-0.4, -0.2) is 33.9 Å². The highest BCUT2D eigenvalue weighted by Gasteiger charge is 2.23. The maximum atomic E-state index is 13.5. The summed E-state index contributed by atoms with van der Waals surface area (Å²) in [5.74, 6) is 0.183. The molecule has 5 heteroatoms. The van der Waals surface area contributed by atoms with Crippen molar-refractivity contribution in [3.05, 3.63) is 29.1 Å². The van der Waals surface area contributed by atoms with E-state index in [9.17, 15) is 4.39 Å². The SMILES string of the molecule is COCc1cc(F)cc(OC)c1C1CNCCO1. The molecule has 100 valence electrons. The van der Waals surface area contributed by atoms with Gasteiger partial charge in [-0.1, -0.05) is 0 Å². The number of hydrogen-bond donors (Lipinski definition) is 1. The van der Waals surface area contributed by atoms with Crippen LogP contribution in [0.5, 0.6) is 5.75 Å². The first-order chi connectivity index (χ1) is 8.76. The van der Waals surface area contributed by atoms with Gasteiger partial charge < -0.3 is 19.5 Å². The minimum absolute atomic E-state index is 0.126. The van der Waals surface area contributed by atoms with Gasteiger partial charge in [-0.25, -0.2) is 4.39 Å². The van der Waals surface area contributed by atoms with E-state index in [4.69, 9.17) is 14.2 Å². The molecule has 0 spiro atoms. The Morgan fingerprint density at radius 2 is 2.28 bits per heavy atom. The van der Waals surface area contributed by atoms with Crippen molar-refractivity contribution < 1.29 is 18.6 Å². The van der Waals surface area contributed by atoms with Gasteiger partial charge in [0.1, 0.15) is 11.6 Å². The van der Waals surface area contributed by atoms with Gasteiger partial charge in [-0.15, -0.1) is 0 Å². The summed E-state index contributed by atoms with van der Waals surface area (Å²) >= 11 is 0. The van der Waals surface area contributed by atoms with Crippen molar-refractivity contribution in [2.75, 3.05) is 33.9 Å². The third-order valence-electron chi connectivity index (χ3n) is 2.96. The average molecular weight is 255 g/mol. The Hall–Kier alpha value is -1.17. The molecule has 0 amide bonds. The molecule has 0 aromatic heterocycles. The summed E-state index contributed by atoms with van der Waals surface area (Å²) in [6, 6.07) is 2.85. The maximum absolute atomic E-state index is 13.5. The van der Waals surface area contributed by atoms with E-state index in [0.717, 1.165) is 17.7 Å². The molecule has 18 heavy (non-hydrogen) atoms. The maximum Gasteiger partial charge on any atom is 0.128 e. The third-order valence-corrected chi connectivity index (χ3v) is 2.96. The van der Waals surface area contributed by atoms with Crippen LogP contribution in [0.1, 0.15) is 17.2 Å². The first-order valence-corrected chi connectivity index (χ1v) is 5.93. The Morgan fingerprint density at radius 1 is 1.44 bits per heavy atom. The molecule has 1 atom stereocenters. The predicted octanol–water partition coefficient (Wildman–Crippen LogP) is 1.64. The van der Waals surface area contributed by atoms with Gasteiger partial charge in [0.2, 0.25) is 0 Å². The molecule has 4 nitrogen and oxygen atoms in total. The first-order valence-electron chi connectivity index (χ1n) is 5.93. The van der Waals surface area contributed by atoms with Gasteiger partial charge in [0.05, 0.1) is 26.4 Å². The number of rotatable bonds is 4. The Balaban J connectivity index is 2.39. The Bertz CT molecular complexity index is 405. The minimum atomic E-state index is -0.327. The summed E-state index contributed by atoms with van der Waals surface area (Å²) < 4.78 is 29.6. The number of halogens is 1. The lowest BCUT2D eigenvalue weighted by molar-refractivity contribution is 0.0245. The van der Waals surface area contributed by atoms with Gasteiger partial charge in [0.15, 0.2) is 0 Å². The molecule has 1 unspecified atom stereocenters. The number of methoxy groups -OCH3 is 2. The number of ether oxygens (including phenoxy) is 3. The van der Waals surface area contributed by atoms with Crippen LogP contribution >= 0.6 is 0 Å². The zero-order chi connectivity index (χ0) is 13.0. The van der Waals surface area contributed by atoms with Gasteiger partial charge in [-0.3, -0.25) is 0 Å². The molecular weight excluding hydrogens is 237 g/mol. The van der Waals surface area contributed by atoms with Crippen LogP contribution < -0.4 is 10.1 Å². The summed E-state index contributed by atoms with van der Waals surface area (Å²) in [6.07, 6.45) is -0.126. The van der Waals surface area contributed by atoms with Gasteiger partial charge in [-0.2, -0.15) is 0 Å². The summed E-state index contributed by atoms with van der Waals surface area (Å²) in [6.45, 7) is 2.50. The molecule has 1 heterocycles. The molecule has 1 aromatic carbocycles. The summed E-state index contributed by atoms with van der Waals surface area (Å²) in [5.41, 5.74) is 1.64. The normalized spacial score (nSPS) is 19.8. The summed E-state index contributed by atoms with van der Waals surface area (Å²) in [4.78, 5) is 0. The monoisotopic (exact) mass is 255 g/mol. The average Bonchev–Trinajstić information content (AvgIpc) is 2.39. The Morgan fingerprint density at radius 3 is 2.89 bits per heavy atom. The number of benzene rings is 1. The molecule has 0 saturated carbocycles. The van der Waals surface area contributed by atoms with Gasteiger partial charge in [-0.05, 0) is 11.6 Å². The van der Waals surface area contributed by atoms with Crippen molar-refractivity contribution >= 4 is 0 Å². The molecule has 1 fully saturated rings. The second-order valence-corrected chi connectivity index (χ2v) is 4.18. The van der Waals surface area contributed by atoms with E-state index in [1.807, 2.05) is 0 Å². The van der Waals surface area contributed by atoms with E-state index < -0.39 is 0 Å². The van der Waals surface area contributed by atoms with E-state index >= 15 is 0 Å². The standard InChI is InChI=1S/C13H18FNO3/c1-16-8-9-5-10(14)6-11(17-2)13(9)12-7-15-3-4-18-12/h5-6,12,15H,3-4,7-8H2,1-2H3. The molecular formula is C13H18FNO3. The second kappa shape index (κ2) is 6.13. The smallest absolute Gasteiger partial charge is 0.128 e. The van der Waals surface area contributed by atoms with Crippen molar-refractivity contribution in [1.29, 1.82) is 0 Å². The lowest BCUT2D eigenvalue weighted by atomic mass is 10.00. The molecule has 0 aliphatic carbocycles. The molecule has 0 radical (unpaired) electrons. The van der Waals surface area contributed by atoms with E-state index in [1.165, 1.54) is 19.2 Å².